The molecule has 1 aromatic heterocycles. The summed E-state index contributed by atoms with van der Waals surface area (Å²) in [5, 5.41) is 0.0278. The lowest BCUT2D eigenvalue weighted by atomic mass is 10.1. The number of fused-ring (bicyclic) bond motifs is 1. The molecular formula is C11H7BrF3NO. The Kier molecular flexibility index (Phi) is 2.99. The largest absolute Gasteiger partial charge is 0.494 e. The van der Waals surface area contributed by atoms with Gasteiger partial charge in [-0.15, -0.1) is 0 Å². The molecule has 1 heterocycles. The molecule has 0 atom stereocenters. The van der Waals surface area contributed by atoms with Crippen LogP contribution >= 0.6 is 15.9 Å². The first-order chi connectivity index (χ1) is 7.93. The molecule has 6 heteroatoms. The molecule has 2 rings (SSSR count). The number of para-hydroxylation sites is 1. The van der Waals surface area contributed by atoms with E-state index in [9.17, 15) is 13.2 Å². The van der Waals surface area contributed by atoms with Crippen LogP contribution in [-0.4, -0.2) is 12.1 Å². The molecule has 0 aliphatic rings. The van der Waals surface area contributed by atoms with Crippen LogP contribution in [0, 0.1) is 0 Å². The summed E-state index contributed by atoms with van der Waals surface area (Å²) in [6.07, 6.45) is -4.42. The lowest BCUT2D eigenvalue weighted by Gasteiger charge is -2.12. The number of pyridine rings is 1. The molecule has 0 fully saturated rings. The SMILES string of the molecule is COc1cccc2c(C(F)(F)F)cc(Br)nc12. The van der Waals surface area contributed by atoms with Crippen LogP contribution in [0.3, 0.4) is 0 Å². The van der Waals surface area contributed by atoms with Gasteiger partial charge in [0.2, 0.25) is 0 Å². The maximum atomic E-state index is 12.8. The highest BCUT2D eigenvalue weighted by Crippen LogP contribution is 2.37. The molecule has 0 N–H and O–H groups in total. The van der Waals surface area contributed by atoms with Gasteiger partial charge < -0.3 is 4.74 Å². The van der Waals surface area contributed by atoms with Gasteiger partial charge in [-0.1, -0.05) is 12.1 Å². The fourth-order valence-electron chi connectivity index (χ4n) is 1.59. The Morgan fingerprint density at radius 2 is 2.00 bits per heavy atom. The number of aromatic nitrogens is 1. The van der Waals surface area contributed by atoms with Gasteiger partial charge in [0.15, 0.2) is 0 Å². The number of ether oxygens (including phenoxy) is 1. The Bertz CT molecular complexity index is 568. The predicted octanol–water partition coefficient (Wildman–Crippen LogP) is 4.02. The van der Waals surface area contributed by atoms with E-state index in [1.54, 1.807) is 6.07 Å². The summed E-state index contributed by atoms with van der Waals surface area (Å²) in [6, 6.07) is 5.41. The van der Waals surface area contributed by atoms with Crippen LogP contribution in [0.15, 0.2) is 28.9 Å². The number of benzene rings is 1. The van der Waals surface area contributed by atoms with Gasteiger partial charge in [0.25, 0.3) is 0 Å². The first-order valence-corrected chi connectivity index (χ1v) is 5.43. The van der Waals surface area contributed by atoms with Crippen LogP contribution in [0.1, 0.15) is 5.56 Å². The fraction of sp³-hybridized carbons (Fsp3) is 0.182. The minimum Gasteiger partial charge on any atom is -0.494 e. The normalized spacial score (nSPS) is 11.8. The second-order valence-electron chi connectivity index (χ2n) is 3.35. The maximum absolute atomic E-state index is 12.8. The van der Waals surface area contributed by atoms with Gasteiger partial charge in [0.1, 0.15) is 15.9 Å². The number of hydrogen-bond donors (Lipinski definition) is 0. The molecule has 0 saturated carbocycles. The van der Waals surface area contributed by atoms with E-state index >= 15 is 0 Å². The Morgan fingerprint density at radius 3 is 2.59 bits per heavy atom. The Labute approximate surface area is 104 Å². The maximum Gasteiger partial charge on any atom is 0.417 e. The zero-order chi connectivity index (χ0) is 12.6. The monoisotopic (exact) mass is 305 g/mol. The number of methoxy groups -OCH3 is 1. The molecule has 0 unspecified atom stereocenters. The van der Waals surface area contributed by atoms with Gasteiger partial charge in [-0.25, -0.2) is 4.98 Å². The average Bonchev–Trinajstić information content (AvgIpc) is 2.26. The van der Waals surface area contributed by atoms with Crippen LogP contribution in [0.2, 0.25) is 0 Å². The zero-order valence-electron chi connectivity index (χ0n) is 8.68. The van der Waals surface area contributed by atoms with E-state index in [1.807, 2.05) is 0 Å². The number of rotatable bonds is 1. The number of hydrogen-bond acceptors (Lipinski definition) is 2. The van der Waals surface area contributed by atoms with Crippen molar-refractivity contribution in [2.45, 2.75) is 6.18 Å². The lowest BCUT2D eigenvalue weighted by Crippen LogP contribution is -2.07. The van der Waals surface area contributed by atoms with Crippen molar-refractivity contribution in [3.05, 3.63) is 34.4 Å². The molecule has 0 saturated heterocycles. The molecule has 0 amide bonds. The minimum atomic E-state index is -4.42. The molecule has 17 heavy (non-hydrogen) atoms. The highest BCUT2D eigenvalue weighted by Gasteiger charge is 2.33. The smallest absolute Gasteiger partial charge is 0.417 e. The van der Waals surface area contributed by atoms with E-state index in [2.05, 4.69) is 20.9 Å². The van der Waals surface area contributed by atoms with Gasteiger partial charge in [-0.2, -0.15) is 13.2 Å². The van der Waals surface area contributed by atoms with Crippen LogP contribution in [0.4, 0.5) is 13.2 Å². The second kappa shape index (κ2) is 4.18. The highest BCUT2D eigenvalue weighted by molar-refractivity contribution is 9.10. The van der Waals surface area contributed by atoms with Crippen molar-refractivity contribution in [1.82, 2.24) is 4.98 Å². The first kappa shape index (κ1) is 12.2. The molecule has 0 aliphatic heterocycles. The third-order valence-corrected chi connectivity index (χ3v) is 2.70. The van der Waals surface area contributed by atoms with Gasteiger partial charge in [-0.3, -0.25) is 0 Å². The van der Waals surface area contributed by atoms with Crippen LogP contribution in [0.5, 0.6) is 5.75 Å². The standard InChI is InChI=1S/C11H7BrF3NO/c1-17-8-4-2-3-6-7(11(13,14)15)5-9(12)16-10(6)8/h2-5H,1H3. The molecule has 0 bridgehead atoms. The Hall–Kier alpha value is -1.30. The van der Waals surface area contributed by atoms with E-state index in [1.165, 1.54) is 19.2 Å². The van der Waals surface area contributed by atoms with E-state index in [4.69, 9.17) is 4.74 Å². The molecule has 2 aromatic rings. The zero-order valence-corrected chi connectivity index (χ0v) is 10.3. The highest BCUT2D eigenvalue weighted by atomic mass is 79.9. The first-order valence-electron chi connectivity index (χ1n) is 4.64. The van der Waals surface area contributed by atoms with Crippen LogP contribution < -0.4 is 4.74 Å². The molecule has 1 aromatic carbocycles. The Morgan fingerprint density at radius 1 is 1.29 bits per heavy atom. The van der Waals surface area contributed by atoms with Crippen molar-refractivity contribution in [2.24, 2.45) is 0 Å². The minimum absolute atomic E-state index is 0.0278. The lowest BCUT2D eigenvalue weighted by molar-refractivity contribution is -0.136. The van der Waals surface area contributed by atoms with Gasteiger partial charge in [0, 0.05) is 5.39 Å². The van der Waals surface area contributed by atoms with Crippen molar-refractivity contribution >= 4 is 26.8 Å². The summed E-state index contributed by atoms with van der Waals surface area (Å²) in [5.74, 6) is 0.314. The Balaban J connectivity index is 2.86. The summed E-state index contributed by atoms with van der Waals surface area (Å²) >= 11 is 2.97. The van der Waals surface area contributed by atoms with E-state index in [-0.39, 0.29) is 15.5 Å². The van der Waals surface area contributed by atoms with Crippen molar-refractivity contribution in [1.29, 1.82) is 0 Å². The summed E-state index contributed by atoms with van der Waals surface area (Å²) in [5.41, 5.74) is -0.537. The molecular weight excluding hydrogens is 299 g/mol. The summed E-state index contributed by atoms with van der Waals surface area (Å²) in [6.45, 7) is 0. The van der Waals surface area contributed by atoms with Crippen molar-refractivity contribution in [3.63, 3.8) is 0 Å². The predicted molar refractivity (Wildman–Crippen MR) is 61.0 cm³/mol. The summed E-state index contributed by atoms with van der Waals surface area (Å²) in [4.78, 5) is 4.01. The van der Waals surface area contributed by atoms with Gasteiger partial charge in [0.05, 0.1) is 12.7 Å². The van der Waals surface area contributed by atoms with Crippen LogP contribution in [-0.2, 0) is 6.18 Å². The summed E-state index contributed by atoms with van der Waals surface area (Å²) < 4.78 is 43.7. The quantitative estimate of drug-likeness (QED) is 0.742. The third kappa shape index (κ3) is 2.22. The number of alkyl halides is 3. The van der Waals surface area contributed by atoms with Crippen molar-refractivity contribution < 1.29 is 17.9 Å². The topological polar surface area (TPSA) is 22.1 Å². The van der Waals surface area contributed by atoms with Crippen molar-refractivity contribution in [3.8, 4) is 5.75 Å². The summed E-state index contributed by atoms with van der Waals surface area (Å²) in [7, 11) is 1.39. The molecule has 0 aliphatic carbocycles. The molecule has 90 valence electrons. The van der Waals surface area contributed by atoms with Crippen molar-refractivity contribution in [2.75, 3.05) is 7.11 Å². The number of halogens is 4. The van der Waals surface area contributed by atoms with E-state index in [0.29, 0.717) is 5.75 Å². The average molecular weight is 306 g/mol. The molecule has 2 nitrogen and oxygen atoms in total. The number of nitrogens with zero attached hydrogens (tertiary/aromatic N) is 1. The van der Waals surface area contributed by atoms with Gasteiger partial charge in [-0.05, 0) is 28.1 Å². The fourth-order valence-corrected chi connectivity index (χ4v) is 2.00. The van der Waals surface area contributed by atoms with Crippen LogP contribution in [0.25, 0.3) is 10.9 Å². The van der Waals surface area contributed by atoms with E-state index in [0.717, 1.165) is 6.07 Å². The third-order valence-electron chi connectivity index (χ3n) is 2.30. The second-order valence-corrected chi connectivity index (χ2v) is 4.16. The molecule has 0 spiro atoms. The van der Waals surface area contributed by atoms with E-state index < -0.39 is 11.7 Å². The van der Waals surface area contributed by atoms with Gasteiger partial charge >= 0.3 is 6.18 Å². The molecule has 0 radical (unpaired) electrons.